The summed E-state index contributed by atoms with van der Waals surface area (Å²) in [5.41, 5.74) is 0. The Bertz CT molecular complexity index is 2480. The molecule has 0 aromatic heterocycles. The molecule has 6 heterocycles. The summed E-state index contributed by atoms with van der Waals surface area (Å²) < 4.78 is 203. The van der Waals surface area contributed by atoms with E-state index in [2.05, 4.69) is 67.8 Å². The van der Waals surface area contributed by atoms with Crippen molar-refractivity contribution < 1.29 is 184 Å². The number of aliphatic hydroxyl groups excluding tert-OH is 5. The number of aliphatic hydroxyl groups is 5. The third-order valence-electron chi connectivity index (χ3n) is 15.8. The van der Waals surface area contributed by atoms with Crippen molar-refractivity contribution in [3.8, 4) is 0 Å². The number of alkyl halides is 3. The SMILES string of the molecule is CC1(C)OCC(CI)CO1.CC1(C)OCC(CO)CO1.CC1(C)OCC(COS(C)(=O)=O)CO1.CCCCCCCC/C=C\CCCCCCCC(=O)OCC1COP(=O)(OC)C1.CO.COP(=O)(CC(CO)CO)OC.COP(=O)(CC1COC(C)(C)OC1)OC.COP1(=O)CC(CO)CO1.[2H]CC.[2H]CF.[2H]CF.[2H][B].[U]. The van der Waals surface area contributed by atoms with E-state index < -0.39 is 78.1 Å². The molecule has 4 unspecified atom stereocenters. The summed E-state index contributed by atoms with van der Waals surface area (Å²) in [4.78, 5) is 11.8. The first-order chi connectivity index (χ1) is 53.1. The molecule has 6 rings (SSSR count). The molecule has 0 aliphatic carbocycles. The molecule has 110 heavy (non-hydrogen) atoms. The number of unbranched alkanes of at least 4 members (excludes halogenated alkanes) is 11. The second-order valence-electron chi connectivity index (χ2n) is 26.9. The monoisotopic (exact) mass is 2040 g/mol. The number of rotatable bonds is 35. The van der Waals surface area contributed by atoms with Crippen molar-refractivity contribution in [2.75, 3.05) is 205 Å². The van der Waals surface area contributed by atoms with Crippen molar-refractivity contribution in [2.45, 2.75) is 189 Å². The van der Waals surface area contributed by atoms with Crippen molar-refractivity contribution in [2.24, 2.45) is 41.4 Å². The minimum Gasteiger partial charge on any atom is -0.465 e. The topological polar surface area (TPSA) is 387 Å². The van der Waals surface area contributed by atoms with Crippen LogP contribution in [0.4, 0.5) is 8.78 Å². The molecule has 0 spiro atoms. The number of halogens is 3. The molecule has 0 saturated carbocycles. The Morgan fingerprint density at radius 3 is 1.24 bits per heavy atom. The first kappa shape index (κ1) is 115. The van der Waals surface area contributed by atoms with Crippen molar-refractivity contribution in [1.82, 2.24) is 0 Å². The predicted molar refractivity (Wildman–Crippen MR) is 431 cm³/mol. The van der Waals surface area contributed by atoms with Crippen LogP contribution >= 0.6 is 53.0 Å². The Labute approximate surface area is 705 Å². The number of carbonyl (C=O) groups is 1. The van der Waals surface area contributed by atoms with Gasteiger partial charge in [-0.1, -0.05) is 107 Å². The van der Waals surface area contributed by atoms with Crippen LogP contribution in [0, 0.1) is 72.5 Å². The minimum absolute atomic E-state index is 0. The van der Waals surface area contributed by atoms with Crippen LogP contribution in [0.15, 0.2) is 12.2 Å². The molecule has 4 atom stereocenters. The number of ether oxygens (including phenoxy) is 9. The van der Waals surface area contributed by atoms with Gasteiger partial charge >= 0.3 is 36.4 Å². The van der Waals surface area contributed by atoms with Gasteiger partial charge in [0, 0.05) is 163 Å². The molecule has 0 aromatic rings. The standard InChI is InChI=1S/C23H43O5P.C9H19O5P.C8H16O5S.C7H13IO2.C7H14O3.C6H15O5P.C5H11O4P.C2H6.2CH3F.CH4O.BH.U/c1-3-4-5-6-7-8-9-10-11-12-13-14-15-16-17-18-23(24)27-19-22-20-28-29(25,21-22)26-2;1-9(2)13-5-8(6-14-9)7-15(10,11-3)12-4;1-8(2)11-4-7(5-12-8)6-13-14(3,9)10;2*1-7(2)9-4-6(3-8)5-10-7;1-10-12(9,11-2)5-6(3-7)4-8;1-8-10(7)4-5(2-6)3-9-10;4*1-2;;/h10-11,22H,3-9,12-21H2,1-2H3;8H,5-7H2,1-4H3;7H,4-6H2,1-3H3;6H,3-5H2,1-2H3;6,8H,3-5H2,1-2H3;6-8H,3-5H2,1-2H3;5-6H,2-4H2,1H3;1-2H3;2*1H3;2H,1H3;1H;/b11-10-;;;;;;;;;;;;/i;;;;;;;3*1D;;1D;. The summed E-state index contributed by atoms with van der Waals surface area (Å²) in [6.45, 7) is 25.2. The van der Waals surface area contributed by atoms with Gasteiger partial charge in [0.05, 0.1) is 134 Å². The van der Waals surface area contributed by atoms with Gasteiger partial charge in [0.25, 0.3) is 10.1 Å². The van der Waals surface area contributed by atoms with Crippen LogP contribution in [0.5, 0.6) is 0 Å². The average Bonchev–Trinajstić information content (AvgIpc) is 1.43. The molecule has 6 saturated heterocycles. The zero-order valence-corrected chi connectivity index (χ0v) is 80.1. The first-order valence-corrected chi connectivity index (χ1v) is 46.6. The molecule has 6 aliphatic heterocycles. The zero-order chi connectivity index (χ0) is 88.1. The quantitative estimate of drug-likeness (QED) is 0.00575. The van der Waals surface area contributed by atoms with E-state index in [0.717, 1.165) is 43.8 Å². The molecular formula is C70H148BF2IO30P4SU. The van der Waals surface area contributed by atoms with Gasteiger partial charge in [-0.25, -0.2) is 0 Å². The third-order valence-corrected chi connectivity index (χ3v) is 25.9. The van der Waals surface area contributed by atoms with Crippen LogP contribution in [0.3, 0.4) is 0 Å². The maximum atomic E-state index is 11.9. The van der Waals surface area contributed by atoms with Crippen LogP contribution in [0.25, 0.3) is 0 Å². The fraction of sp³-hybridized carbons (Fsp3) is 0.957. The summed E-state index contributed by atoms with van der Waals surface area (Å²) in [7, 11) is -4.28. The van der Waals surface area contributed by atoms with Gasteiger partial charge in [-0.05, 0) is 88.8 Å². The van der Waals surface area contributed by atoms with Gasteiger partial charge in [-0.3, -0.25) is 36.0 Å². The molecule has 662 valence electrons. The molecule has 40 heteroatoms. The van der Waals surface area contributed by atoms with Crippen molar-refractivity contribution in [1.29, 1.82) is 1.34 Å². The van der Waals surface area contributed by atoms with Gasteiger partial charge in [0.2, 0.25) is 0 Å². The van der Waals surface area contributed by atoms with Crippen LogP contribution in [0.2, 0.25) is 0 Å². The molecule has 0 bridgehead atoms. The van der Waals surface area contributed by atoms with E-state index in [0.29, 0.717) is 90.6 Å². The number of hydrogen-bond acceptors (Lipinski definition) is 30. The Morgan fingerprint density at radius 1 is 0.573 bits per heavy atom. The maximum Gasteiger partial charge on any atom is 0.330 e. The normalized spacial score (nSPS) is 22.4. The molecule has 30 nitrogen and oxygen atoms in total. The number of esters is 1. The fourth-order valence-electron chi connectivity index (χ4n) is 9.15. The van der Waals surface area contributed by atoms with Gasteiger partial charge in [-0.2, -0.15) is 8.42 Å². The van der Waals surface area contributed by atoms with Crippen LogP contribution in [-0.4, -0.2) is 278 Å². The largest absolute Gasteiger partial charge is 0.465 e. The van der Waals surface area contributed by atoms with E-state index >= 15 is 0 Å². The van der Waals surface area contributed by atoms with E-state index in [-0.39, 0.29) is 118 Å². The van der Waals surface area contributed by atoms with Crippen LogP contribution < -0.4 is 0 Å². The first-order valence-electron chi connectivity index (χ1n) is 39.0. The van der Waals surface area contributed by atoms with Gasteiger partial charge in [0.1, 0.15) is 0 Å². The second-order valence-corrected chi connectivity index (χ2v) is 38.5. The van der Waals surface area contributed by atoms with Gasteiger partial charge < -0.3 is 104 Å². The van der Waals surface area contributed by atoms with Gasteiger partial charge in [-0.15, -0.1) is 0 Å². The second kappa shape index (κ2) is 72.7. The summed E-state index contributed by atoms with van der Waals surface area (Å²) >= 11 is 2.36. The van der Waals surface area contributed by atoms with Crippen LogP contribution in [0.1, 0.15) is 170 Å². The summed E-state index contributed by atoms with van der Waals surface area (Å²) in [6, 6.07) is 0. The Hall–Kier alpha value is 0.907. The molecule has 6 fully saturated rings. The van der Waals surface area contributed by atoms with Crippen molar-refractivity contribution in [3.05, 3.63) is 12.2 Å². The van der Waals surface area contributed by atoms with E-state index in [9.17, 15) is 40.3 Å². The van der Waals surface area contributed by atoms with E-state index in [1.54, 1.807) is 6.92 Å². The van der Waals surface area contributed by atoms with E-state index in [1.165, 1.54) is 113 Å². The van der Waals surface area contributed by atoms with E-state index in [1.807, 2.05) is 55.4 Å². The zero-order valence-electron chi connectivity index (χ0n) is 73.4. The van der Waals surface area contributed by atoms with Crippen molar-refractivity contribution >= 4 is 77.4 Å². The Balaban J connectivity index is -0.000000236. The Morgan fingerprint density at radius 2 is 0.909 bits per heavy atom. The molecule has 6 aliphatic rings. The van der Waals surface area contributed by atoms with Crippen LogP contribution in [-0.2, 0) is 116 Å². The predicted octanol–water partition coefficient (Wildman–Crippen LogP) is 13.2. The molecular weight excluding hydrogens is 1890 g/mol. The smallest absolute Gasteiger partial charge is 0.330 e. The van der Waals surface area contributed by atoms with Gasteiger partial charge in [0.15, 0.2) is 23.1 Å². The summed E-state index contributed by atoms with van der Waals surface area (Å²) in [5.74, 6) is -1.75. The number of carbonyl (C=O) groups excluding carboxylic acids is 1. The maximum absolute atomic E-state index is 11.9. The summed E-state index contributed by atoms with van der Waals surface area (Å²) in [6.07, 6.45) is 23.4. The molecule has 2 radical (unpaired) electrons. The average molecular weight is 2040 g/mol. The molecule has 0 aromatic carbocycles. The van der Waals surface area contributed by atoms with Crippen molar-refractivity contribution in [3.63, 3.8) is 0 Å². The Kier molecular flexibility index (Phi) is 76.0. The number of allylic oxidation sites excluding steroid dienone is 2. The molecule has 5 N–H and O–H groups in total. The summed E-state index contributed by atoms with van der Waals surface area (Å²) in [5, 5.41) is 41.7. The number of hydrogen-bond donors (Lipinski definition) is 5. The van der Waals surface area contributed by atoms with E-state index in [4.69, 9.17) is 96.2 Å². The fourth-order valence-corrected chi connectivity index (χ4v) is 16.0. The minimum atomic E-state index is -3.36. The molecule has 0 amide bonds. The third kappa shape index (κ3) is 67.7.